The van der Waals surface area contributed by atoms with Crippen molar-refractivity contribution in [3.05, 3.63) is 59.2 Å². The Hall–Kier alpha value is -3.74. The first-order valence-electron chi connectivity index (χ1n) is 9.70. The fraction of sp³-hybridized carbons (Fsp3) is 0.190. The number of nitrogens with one attached hydrogen (secondary N) is 1. The Labute approximate surface area is 192 Å². The van der Waals surface area contributed by atoms with Gasteiger partial charge in [-0.15, -0.1) is 11.3 Å². The van der Waals surface area contributed by atoms with E-state index >= 15 is 0 Å². The largest absolute Gasteiger partial charge is 0.490 e. The summed E-state index contributed by atoms with van der Waals surface area (Å²) in [5, 5.41) is 7.94. The van der Waals surface area contributed by atoms with Crippen LogP contribution < -0.4 is 14.8 Å². The van der Waals surface area contributed by atoms with Crippen LogP contribution in [0, 0.1) is 0 Å². The molecule has 13 heteroatoms. The third-order valence-corrected chi connectivity index (χ3v) is 5.33. The van der Waals surface area contributed by atoms with E-state index in [4.69, 9.17) is 4.74 Å². The molecule has 0 saturated carbocycles. The second-order valence-electron chi connectivity index (χ2n) is 6.73. The minimum atomic E-state index is -4.75. The van der Waals surface area contributed by atoms with E-state index in [-0.39, 0.29) is 40.8 Å². The number of alkyl halides is 5. The summed E-state index contributed by atoms with van der Waals surface area (Å²) in [5.74, 6) is -1.11. The molecule has 4 rings (SSSR count). The van der Waals surface area contributed by atoms with Crippen molar-refractivity contribution in [3.63, 3.8) is 0 Å². The van der Waals surface area contributed by atoms with Gasteiger partial charge in [0.05, 0.1) is 17.2 Å². The number of fused-ring (bicyclic) bond motifs is 1. The third kappa shape index (κ3) is 4.93. The lowest BCUT2D eigenvalue weighted by molar-refractivity contribution is -0.142. The normalized spacial score (nSPS) is 11.7. The van der Waals surface area contributed by atoms with E-state index < -0.39 is 24.4 Å². The van der Waals surface area contributed by atoms with Crippen LogP contribution >= 0.6 is 11.3 Å². The number of thiophene rings is 1. The average Bonchev–Trinajstić information content (AvgIpc) is 3.44. The molecule has 7 nitrogen and oxygen atoms in total. The Morgan fingerprint density at radius 1 is 1.18 bits per heavy atom. The van der Waals surface area contributed by atoms with Crippen molar-refractivity contribution in [3.8, 4) is 22.1 Å². The number of carbonyl (C=O) groups excluding carboxylic acids is 1. The van der Waals surface area contributed by atoms with Crippen LogP contribution in [0.1, 0.15) is 23.1 Å². The van der Waals surface area contributed by atoms with Gasteiger partial charge in [0.15, 0.2) is 28.5 Å². The first-order chi connectivity index (χ1) is 16.2. The maximum absolute atomic E-state index is 13.7. The zero-order valence-corrected chi connectivity index (χ0v) is 18.1. The van der Waals surface area contributed by atoms with Gasteiger partial charge in [-0.1, -0.05) is 6.07 Å². The lowest BCUT2D eigenvalue weighted by Crippen LogP contribution is -2.16. The molecular formula is C21H15F5N4O3S. The fourth-order valence-corrected chi connectivity index (χ4v) is 3.77. The quantitative estimate of drug-likeness (QED) is 0.330. The molecule has 0 aliphatic carbocycles. The van der Waals surface area contributed by atoms with E-state index in [0.717, 1.165) is 12.1 Å². The number of anilines is 1. The minimum Gasteiger partial charge on any atom is -0.490 e. The standard InChI is InChI=1S/C21H15F5N4O3S/c1-2-32-15-8-11(5-6-14(15)33-20(22)23)27-19(31)13-10-18-28-12(16-4-3-7-34-16)9-17(21(24,25)26)30(18)29-13/h3-10,20H,2H2,1H3,(H,27,31). The summed E-state index contributed by atoms with van der Waals surface area (Å²) in [4.78, 5) is 17.4. The number of nitrogens with zero attached hydrogens (tertiary/aromatic N) is 3. The van der Waals surface area contributed by atoms with E-state index in [1.165, 1.54) is 29.5 Å². The highest BCUT2D eigenvalue weighted by Gasteiger charge is 2.35. The monoisotopic (exact) mass is 498 g/mol. The summed E-state index contributed by atoms with van der Waals surface area (Å²) in [5.41, 5.74) is -1.36. The summed E-state index contributed by atoms with van der Waals surface area (Å²) in [6.07, 6.45) is -4.75. The number of carbonyl (C=O) groups is 1. The number of hydrogen-bond donors (Lipinski definition) is 1. The molecule has 0 atom stereocenters. The van der Waals surface area contributed by atoms with Crippen LogP contribution in [0.25, 0.3) is 16.2 Å². The lowest BCUT2D eigenvalue weighted by Gasteiger charge is -2.13. The summed E-state index contributed by atoms with van der Waals surface area (Å²) in [6, 6.07) is 9.01. The number of hydrogen-bond acceptors (Lipinski definition) is 6. The number of ether oxygens (including phenoxy) is 2. The molecule has 0 bridgehead atoms. The predicted molar refractivity (Wildman–Crippen MR) is 113 cm³/mol. The van der Waals surface area contributed by atoms with E-state index in [0.29, 0.717) is 9.39 Å². The molecule has 3 heterocycles. The van der Waals surface area contributed by atoms with Crippen LogP contribution in [0.2, 0.25) is 0 Å². The lowest BCUT2D eigenvalue weighted by atomic mass is 10.2. The topological polar surface area (TPSA) is 77.8 Å². The number of rotatable bonds is 7. The fourth-order valence-electron chi connectivity index (χ4n) is 3.08. The molecule has 0 fully saturated rings. The van der Waals surface area contributed by atoms with Crippen LogP contribution in [0.4, 0.5) is 27.6 Å². The minimum absolute atomic E-state index is 0.0442. The van der Waals surface area contributed by atoms with Crippen LogP contribution in [0.3, 0.4) is 0 Å². The van der Waals surface area contributed by atoms with Crippen molar-refractivity contribution in [2.75, 3.05) is 11.9 Å². The van der Waals surface area contributed by atoms with Gasteiger partial charge in [0, 0.05) is 17.8 Å². The van der Waals surface area contributed by atoms with Crippen molar-refractivity contribution in [2.45, 2.75) is 19.7 Å². The van der Waals surface area contributed by atoms with Crippen LogP contribution in [0.5, 0.6) is 11.5 Å². The Kier molecular flexibility index (Phi) is 6.37. The van der Waals surface area contributed by atoms with Gasteiger partial charge in [-0.2, -0.15) is 27.1 Å². The SMILES string of the molecule is CCOc1cc(NC(=O)c2cc3nc(-c4cccs4)cc(C(F)(F)F)n3n2)ccc1OC(F)F. The first kappa shape index (κ1) is 23.4. The van der Waals surface area contributed by atoms with Crippen LogP contribution in [0.15, 0.2) is 47.8 Å². The van der Waals surface area contributed by atoms with Crippen molar-refractivity contribution in [2.24, 2.45) is 0 Å². The molecule has 0 saturated heterocycles. The van der Waals surface area contributed by atoms with Gasteiger partial charge in [-0.05, 0) is 36.6 Å². The molecule has 178 valence electrons. The average molecular weight is 498 g/mol. The van der Waals surface area contributed by atoms with E-state index in [1.807, 2.05) is 0 Å². The van der Waals surface area contributed by atoms with Crippen molar-refractivity contribution in [1.29, 1.82) is 0 Å². The molecular weight excluding hydrogens is 483 g/mol. The summed E-state index contributed by atoms with van der Waals surface area (Å²) < 4.78 is 76.3. The maximum atomic E-state index is 13.7. The highest BCUT2D eigenvalue weighted by molar-refractivity contribution is 7.13. The molecule has 0 spiro atoms. The molecule has 0 radical (unpaired) electrons. The molecule has 1 amide bonds. The van der Waals surface area contributed by atoms with Crippen molar-refractivity contribution in [1.82, 2.24) is 14.6 Å². The molecule has 4 aromatic rings. The van der Waals surface area contributed by atoms with E-state index in [2.05, 4.69) is 20.1 Å². The maximum Gasteiger partial charge on any atom is 0.433 e. The Balaban J connectivity index is 1.67. The summed E-state index contributed by atoms with van der Waals surface area (Å²) >= 11 is 1.22. The molecule has 0 unspecified atom stereocenters. The van der Waals surface area contributed by atoms with Crippen molar-refractivity contribution >= 4 is 28.6 Å². The molecule has 1 aromatic carbocycles. The van der Waals surface area contributed by atoms with E-state index in [1.54, 1.807) is 24.4 Å². The zero-order chi connectivity index (χ0) is 24.5. The Morgan fingerprint density at radius 3 is 2.62 bits per heavy atom. The van der Waals surface area contributed by atoms with Gasteiger partial charge in [0.2, 0.25) is 0 Å². The number of halogens is 5. The second kappa shape index (κ2) is 9.25. The Bertz CT molecular complexity index is 1320. The third-order valence-electron chi connectivity index (χ3n) is 4.44. The summed E-state index contributed by atoms with van der Waals surface area (Å²) in [7, 11) is 0. The van der Waals surface area contributed by atoms with Crippen LogP contribution in [-0.2, 0) is 6.18 Å². The van der Waals surface area contributed by atoms with Gasteiger partial charge in [-0.25, -0.2) is 9.50 Å². The number of amides is 1. The molecule has 1 N–H and O–H groups in total. The summed E-state index contributed by atoms with van der Waals surface area (Å²) in [6.45, 7) is -1.31. The van der Waals surface area contributed by atoms with Crippen molar-refractivity contribution < 1.29 is 36.2 Å². The van der Waals surface area contributed by atoms with E-state index in [9.17, 15) is 26.7 Å². The van der Waals surface area contributed by atoms with Crippen LogP contribution in [-0.4, -0.2) is 33.7 Å². The molecule has 0 aliphatic rings. The number of aromatic nitrogens is 3. The van der Waals surface area contributed by atoms with Gasteiger partial charge < -0.3 is 14.8 Å². The zero-order valence-electron chi connectivity index (χ0n) is 17.3. The first-order valence-corrected chi connectivity index (χ1v) is 10.6. The molecule has 0 aliphatic heterocycles. The van der Waals surface area contributed by atoms with Gasteiger partial charge in [0.25, 0.3) is 5.91 Å². The van der Waals surface area contributed by atoms with Gasteiger partial charge in [-0.3, -0.25) is 4.79 Å². The van der Waals surface area contributed by atoms with Gasteiger partial charge >= 0.3 is 12.8 Å². The Morgan fingerprint density at radius 2 is 1.97 bits per heavy atom. The second-order valence-corrected chi connectivity index (χ2v) is 7.68. The highest BCUT2D eigenvalue weighted by Crippen LogP contribution is 2.34. The highest BCUT2D eigenvalue weighted by atomic mass is 32.1. The predicted octanol–water partition coefficient (Wildman–Crippen LogP) is 5.73. The molecule has 34 heavy (non-hydrogen) atoms. The number of benzene rings is 1. The molecule has 3 aromatic heterocycles. The van der Waals surface area contributed by atoms with Gasteiger partial charge in [0.1, 0.15) is 0 Å². The smallest absolute Gasteiger partial charge is 0.433 e.